The largest absolute Gasteiger partial charge is 0.396 e. The predicted molar refractivity (Wildman–Crippen MR) is 51.7 cm³/mol. The highest BCUT2D eigenvalue weighted by Gasteiger charge is 2.05. The van der Waals surface area contributed by atoms with Gasteiger partial charge in [-0.05, 0) is 20.3 Å². The van der Waals surface area contributed by atoms with Gasteiger partial charge in [0.25, 0.3) is 0 Å². The molecule has 2 unspecified atom stereocenters. The maximum atomic E-state index is 9.35. The Bertz CT molecular complexity index is 111. The molecular formula is C9H21NO3. The van der Waals surface area contributed by atoms with Crippen molar-refractivity contribution in [1.29, 1.82) is 0 Å². The molecule has 0 aliphatic rings. The van der Waals surface area contributed by atoms with Gasteiger partial charge in [-0.3, -0.25) is 0 Å². The SMILES string of the molecule is CCOCC(O)CNC(C)CCO. The molecule has 0 aromatic carbocycles. The molecular weight excluding hydrogens is 170 g/mol. The Hall–Kier alpha value is -0.160. The van der Waals surface area contributed by atoms with E-state index in [2.05, 4.69) is 5.32 Å². The van der Waals surface area contributed by atoms with Gasteiger partial charge in [-0.1, -0.05) is 0 Å². The number of aliphatic hydroxyl groups excluding tert-OH is 2. The van der Waals surface area contributed by atoms with Gasteiger partial charge in [0, 0.05) is 25.8 Å². The Labute approximate surface area is 79.9 Å². The Morgan fingerprint density at radius 1 is 1.46 bits per heavy atom. The summed E-state index contributed by atoms with van der Waals surface area (Å²) in [6.07, 6.45) is 0.252. The van der Waals surface area contributed by atoms with Crippen LogP contribution in [0.4, 0.5) is 0 Å². The second-order valence-electron chi connectivity index (χ2n) is 3.13. The summed E-state index contributed by atoms with van der Waals surface area (Å²) < 4.78 is 5.05. The first kappa shape index (κ1) is 12.8. The molecule has 0 fully saturated rings. The Balaban J connectivity index is 3.29. The minimum absolute atomic E-state index is 0.176. The zero-order valence-corrected chi connectivity index (χ0v) is 8.49. The molecule has 0 aliphatic heterocycles. The van der Waals surface area contributed by atoms with Crippen LogP contribution in [0.1, 0.15) is 20.3 Å². The fourth-order valence-electron chi connectivity index (χ4n) is 0.946. The Morgan fingerprint density at radius 2 is 2.15 bits per heavy atom. The lowest BCUT2D eigenvalue weighted by atomic mass is 10.2. The van der Waals surface area contributed by atoms with E-state index < -0.39 is 6.10 Å². The molecule has 0 aliphatic carbocycles. The summed E-state index contributed by atoms with van der Waals surface area (Å²) >= 11 is 0. The van der Waals surface area contributed by atoms with Crippen molar-refractivity contribution in [2.24, 2.45) is 0 Å². The molecule has 0 amide bonds. The van der Waals surface area contributed by atoms with Gasteiger partial charge in [-0.15, -0.1) is 0 Å². The summed E-state index contributed by atoms with van der Waals surface area (Å²) in [6, 6.07) is 0.237. The van der Waals surface area contributed by atoms with Gasteiger partial charge >= 0.3 is 0 Å². The lowest BCUT2D eigenvalue weighted by Gasteiger charge is -2.15. The average molecular weight is 191 g/mol. The van der Waals surface area contributed by atoms with Crippen LogP contribution in [-0.2, 0) is 4.74 Å². The van der Waals surface area contributed by atoms with E-state index in [1.165, 1.54) is 0 Å². The highest BCUT2D eigenvalue weighted by Crippen LogP contribution is 1.90. The van der Waals surface area contributed by atoms with Crippen molar-refractivity contribution in [2.45, 2.75) is 32.4 Å². The van der Waals surface area contributed by atoms with Crippen LogP contribution in [0, 0.1) is 0 Å². The van der Waals surface area contributed by atoms with Crippen LogP contribution in [0.5, 0.6) is 0 Å². The molecule has 0 bridgehead atoms. The van der Waals surface area contributed by atoms with Gasteiger partial charge in [0.1, 0.15) is 0 Å². The van der Waals surface area contributed by atoms with E-state index in [1.807, 2.05) is 13.8 Å². The third-order valence-electron chi connectivity index (χ3n) is 1.78. The lowest BCUT2D eigenvalue weighted by Crippen LogP contribution is -2.36. The maximum absolute atomic E-state index is 9.35. The minimum Gasteiger partial charge on any atom is -0.396 e. The van der Waals surface area contributed by atoms with Crippen LogP contribution in [0.2, 0.25) is 0 Å². The summed E-state index contributed by atoms with van der Waals surface area (Å²) in [5.74, 6) is 0. The first-order valence-electron chi connectivity index (χ1n) is 4.80. The van der Waals surface area contributed by atoms with Crippen molar-refractivity contribution in [1.82, 2.24) is 5.32 Å². The smallest absolute Gasteiger partial charge is 0.0897 e. The summed E-state index contributed by atoms with van der Waals surface area (Å²) in [5.41, 5.74) is 0. The van der Waals surface area contributed by atoms with Gasteiger partial charge in [-0.25, -0.2) is 0 Å². The fourth-order valence-corrected chi connectivity index (χ4v) is 0.946. The molecule has 4 heteroatoms. The van der Waals surface area contributed by atoms with Crippen molar-refractivity contribution in [2.75, 3.05) is 26.4 Å². The highest BCUT2D eigenvalue weighted by molar-refractivity contribution is 4.64. The standard InChI is InChI=1S/C9H21NO3/c1-3-13-7-9(12)6-10-8(2)4-5-11/h8-12H,3-7H2,1-2H3. The van der Waals surface area contributed by atoms with E-state index in [4.69, 9.17) is 9.84 Å². The topological polar surface area (TPSA) is 61.7 Å². The summed E-state index contributed by atoms with van der Waals surface area (Å²) in [4.78, 5) is 0. The van der Waals surface area contributed by atoms with E-state index in [9.17, 15) is 5.11 Å². The molecule has 2 atom stereocenters. The molecule has 0 spiro atoms. The normalized spacial score (nSPS) is 15.7. The van der Waals surface area contributed by atoms with E-state index in [0.717, 1.165) is 0 Å². The van der Waals surface area contributed by atoms with Gasteiger partial charge in [0.05, 0.1) is 12.7 Å². The first-order valence-corrected chi connectivity index (χ1v) is 4.80. The molecule has 4 nitrogen and oxygen atoms in total. The second-order valence-corrected chi connectivity index (χ2v) is 3.13. The van der Waals surface area contributed by atoms with Crippen LogP contribution in [0.25, 0.3) is 0 Å². The minimum atomic E-state index is -0.457. The number of hydrogen-bond donors (Lipinski definition) is 3. The van der Waals surface area contributed by atoms with Crippen LogP contribution >= 0.6 is 0 Å². The molecule has 0 heterocycles. The van der Waals surface area contributed by atoms with Crippen molar-refractivity contribution in [3.05, 3.63) is 0 Å². The first-order chi connectivity index (χ1) is 6.20. The number of nitrogens with one attached hydrogen (secondary N) is 1. The average Bonchev–Trinajstić information content (AvgIpc) is 2.12. The monoisotopic (exact) mass is 191 g/mol. The fraction of sp³-hybridized carbons (Fsp3) is 1.00. The predicted octanol–water partition coefficient (Wildman–Crippen LogP) is -0.256. The molecule has 0 radical (unpaired) electrons. The van der Waals surface area contributed by atoms with Gasteiger partial charge in [0.2, 0.25) is 0 Å². The van der Waals surface area contributed by atoms with Crippen LogP contribution in [-0.4, -0.2) is 48.7 Å². The van der Waals surface area contributed by atoms with Crippen LogP contribution in [0.15, 0.2) is 0 Å². The molecule has 0 aromatic rings. The summed E-state index contributed by atoms with van der Waals surface area (Å²) in [6.45, 7) is 5.56. The van der Waals surface area contributed by atoms with Crippen molar-refractivity contribution in [3.8, 4) is 0 Å². The molecule has 0 saturated carbocycles. The molecule has 0 rings (SSSR count). The maximum Gasteiger partial charge on any atom is 0.0897 e. The van der Waals surface area contributed by atoms with Crippen LogP contribution < -0.4 is 5.32 Å². The number of rotatable bonds is 8. The van der Waals surface area contributed by atoms with Gasteiger partial charge in [0.15, 0.2) is 0 Å². The summed E-state index contributed by atoms with van der Waals surface area (Å²) in [7, 11) is 0. The second kappa shape index (κ2) is 8.44. The molecule has 80 valence electrons. The van der Waals surface area contributed by atoms with Crippen LogP contribution in [0.3, 0.4) is 0 Å². The quantitative estimate of drug-likeness (QED) is 0.495. The van der Waals surface area contributed by atoms with Crippen molar-refractivity contribution < 1.29 is 14.9 Å². The third kappa shape index (κ3) is 8.18. The molecule has 0 aromatic heterocycles. The van der Waals surface area contributed by atoms with E-state index in [0.29, 0.717) is 26.2 Å². The van der Waals surface area contributed by atoms with Gasteiger partial charge in [-0.2, -0.15) is 0 Å². The Kier molecular flexibility index (Phi) is 8.33. The number of aliphatic hydroxyl groups is 2. The third-order valence-corrected chi connectivity index (χ3v) is 1.78. The van der Waals surface area contributed by atoms with Crippen molar-refractivity contribution >= 4 is 0 Å². The van der Waals surface area contributed by atoms with Gasteiger partial charge < -0.3 is 20.3 Å². The number of hydrogen-bond acceptors (Lipinski definition) is 4. The molecule has 13 heavy (non-hydrogen) atoms. The lowest BCUT2D eigenvalue weighted by molar-refractivity contribution is 0.0412. The van der Waals surface area contributed by atoms with E-state index >= 15 is 0 Å². The molecule has 3 N–H and O–H groups in total. The zero-order valence-electron chi connectivity index (χ0n) is 8.49. The summed E-state index contributed by atoms with van der Waals surface area (Å²) in [5, 5.41) is 21.1. The molecule has 0 saturated heterocycles. The zero-order chi connectivity index (χ0) is 10.1. The van der Waals surface area contributed by atoms with E-state index in [1.54, 1.807) is 0 Å². The van der Waals surface area contributed by atoms with E-state index in [-0.39, 0.29) is 12.6 Å². The van der Waals surface area contributed by atoms with Crippen molar-refractivity contribution in [3.63, 3.8) is 0 Å². The highest BCUT2D eigenvalue weighted by atomic mass is 16.5. The number of ether oxygens (including phenoxy) is 1. The Morgan fingerprint density at radius 3 is 2.69 bits per heavy atom.